The third kappa shape index (κ3) is 10.9. The molecule has 8 nitrogen and oxygen atoms in total. The van der Waals surface area contributed by atoms with Gasteiger partial charge in [-0.2, -0.15) is 0 Å². The minimum Gasteiger partial charge on any atom is -0.444 e. The summed E-state index contributed by atoms with van der Waals surface area (Å²) in [5.41, 5.74) is 6.81. The summed E-state index contributed by atoms with van der Waals surface area (Å²) in [6.07, 6.45) is 0.824. The number of amides is 1. The first-order chi connectivity index (χ1) is 14.2. The van der Waals surface area contributed by atoms with E-state index in [0.717, 1.165) is 5.56 Å². The van der Waals surface area contributed by atoms with E-state index in [9.17, 15) is 9.36 Å². The summed E-state index contributed by atoms with van der Waals surface area (Å²) in [5.74, 6) is 0. The molecule has 0 aromatic heterocycles. The van der Waals surface area contributed by atoms with Crippen molar-refractivity contribution >= 4 is 19.6 Å². The quantitative estimate of drug-likeness (QED) is 0.196. The van der Waals surface area contributed by atoms with Gasteiger partial charge in [0.1, 0.15) is 5.60 Å². The van der Waals surface area contributed by atoms with Gasteiger partial charge in [0.15, 0.2) is 0 Å². The molecule has 1 aromatic carbocycles. The first-order valence-corrected chi connectivity index (χ1v) is 11.8. The molecule has 0 fully saturated rings. The molecule has 2 unspecified atom stereocenters. The van der Waals surface area contributed by atoms with Gasteiger partial charge < -0.3 is 30.0 Å². The second kappa shape index (κ2) is 13.5. The van der Waals surface area contributed by atoms with Crippen LogP contribution in [0.1, 0.15) is 59.1 Å². The van der Waals surface area contributed by atoms with Gasteiger partial charge in [-0.15, -0.1) is 0 Å². The van der Waals surface area contributed by atoms with Crippen LogP contribution >= 0.6 is 7.80 Å². The van der Waals surface area contributed by atoms with Gasteiger partial charge in [0.2, 0.25) is 0 Å². The van der Waals surface area contributed by atoms with E-state index in [2.05, 4.69) is 5.32 Å². The lowest BCUT2D eigenvalue weighted by Crippen LogP contribution is -2.35. The Morgan fingerprint density at radius 3 is 2.43 bits per heavy atom. The lowest BCUT2D eigenvalue weighted by molar-refractivity contribution is -0.0810. The molecule has 1 rings (SSSR count). The zero-order valence-electron chi connectivity index (χ0n) is 18.7. The number of ether oxygens (including phenoxy) is 4. The van der Waals surface area contributed by atoms with Crippen molar-refractivity contribution in [3.05, 3.63) is 29.8 Å². The third-order valence-electron chi connectivity index (χ3n) is 3.86. The normalized spacial score (nSPS) is 13.2. The molecule has 2 atom stereocenters. The number of alkyl carbamates (subject to hydrolysis) is 1. The molecule has 0 bridgehead atoms. The molecule has 9 heteroatoms. The summed E-state index contributed by atoms with van der Waals surface area (Å²) in [6.45, 7) is 10.3. The number of anilines is 1. The number of nitrogens with one attached hydrogen (secondary N) is 1. The molecule has 0 spiro atoms. The molecule has 0 aliphatic rings. The monoisotopic (exact) mass is 443 g/mol. The SMILES string of the molecule is CCOC(OCC)[P+](=O)COCCCC(NC(=O)OC(C)(C)C)c1cccc(N)c1. The van der Waals surface area contributed by atoms with E-state index in [1.54, 1.807) is 6.07 Å². The molecule has 0 saturated carbocycles. The Morgan fingerprint density at radius 2 is 1.87 bits per heavy atom. The Bertz CT molecular complexity index is 659. The summed E-state index contributed by atoms with van der Waals surface area (Å²) in [5, 5.41) is 2.90. The minimum atomic E-state index is -1.79. The lowest BCUT2D eigenvalue weighted by Gasteiger charge is -2.24. The minimum absolute atomic E-state index is 0.0580. The highest BCUT2D eigenvalue weighted by Crippen LogP contribution is 2.30. The maximum atomic E-state index is 12.2. The van der Waals surface area contributed by atoms with Crippen LogP contribution in [0.5, 0.6) is 0 Å². The maximum Gasteiger partial charge on any atom is 0.429 e. The molecule has 1 amide bonds. The zero-order valence-corrected chi connectivity index (χ0v) is 19.6. The number of hydrogen-bond donors (Lipinski definition) is 2. The topological polar surface area (TPSA) is 109 Å². The Kier molecular flexibility index (Phi) is 11.9. The summed E-state index contributed by atoms with van der Waals surface area (Å²) in [4.78, 5) is 12.2. The van der Waals surface area contributed by atoms with Crippen molar-refractivity contribution in [1.82, 2.24) is 5.32 Å². The van der Waals surface area contributed by atoms with Gasteiger partial charge in [0.05, 0.1) is 25.9 Å². The van der Waals surface area contributed by atoms with Gasteiger partial charge in [-0.05, 0) is 65.2 Å². The van der Waals surface area contributed by atoms with E-state index >= 15 is 0 Å². The number of carbonyl (C=O) groups excluding carboxylic acids is 1. The molecule has 0 radical (unpaired) electrons. The summed E-state index contributed by atoms with van der Waals surface area (Å²) < 4.78 is 33.8. The van der Waals surface area contributed by atoms with Crippen LogP contribution < -0.4 is 11.1 Å². The average Bonchev–Trinajstić information content (AvgIpc) is 2.65. The number of nitrogens with two attached hydrogens (primary N) is 1. The standard InChI is InChI=1S/C21H35N2O6P/c1-6-27-20(28-7-2)30(25)15-26-13-9-12-18(16-10-8-11-17(22)14-16)23-19(24)29-21(3,4)5/h8,10-11,14,18,20H,6-7,9,12-13,15,22H2,1-5H3/p+1. The van der Waals surface area contributed by atoms with E-state index < -0.39 is 25.5 Å². The molecule has 1 aromatic rings. The van der Waals surface area contributed by atoms with E-state index in [1.165, 1.54) is 0 Å². The molecule has 3 N–H and O–H groups in total. The molecule has 0 saturated heterocycles. The molecule has 0 heterocycles. The van der Waals surface area contributed by atoms with Crippen LogP contribution in [0, 0.1) is 0 Å². The summed E-state index contributed by atoms with van der Waals surface area (Å²) in [6, 6.07) is 6.35. The third-order valence-corrected chi connectivity index (χ3v) is 5.06. The van der Waals surface area contributed by atoms with Gasteiger partial charge in [-0.1, -0.05) is 16.7 Å². The molecule has 0 aliphatic heterocycles. The predicted octanol–water partition coefficient (Wildman–Crippen LogP) is 4.77. The highest BCUT2D eigenvalue weighted by molar-refractivity contribution is 7.44. The molecule has 0 aliphatic carbocycles. The summed E-state index contributed by atoms with van der Waals surface area (Å²) >= 11 is 0. The van der Waals surface area contributed by atoms with Crippen LogP contribution in [0.2, 0.25) is 0 Å². The Labute approximate surface area is 180 Å². The largest absolute Gasteiger partial charge is 0.444 e. The van der Waals surface area contributed by atoms with E-state index in [1.807, 2.05) is 52.8 Å². The van der Waals surface area contributed by atoms with Crippen molar-refractivity contribution in [2.75, 3.05) is 31.9 Å². The fourth-order valence-corrected chi connectivity index (χ4v) is 3.71. The molecular formula is C21H36N2O6P+. The highest BCUT2D eigenvalue weighted by Gasteiger charge is 2.31. The van der Waals surface area contributed by atoms with E-state index in [0.29, 0.717) is 38.3 Å². The van der Waals surface area contributed by atoms with E-state index in [4.69, 9.17) is 24.7 Å². The molecule has 30 heavy (non-hydrogen) atoms. The Morgan fingerprint density at radius 1 is 1.20 bits per heavy atom. The van der Waals surface area contributed by atoms with Crippen molar-refractivity contribution in [3.8, 4) is 0 Å². The zero-order chi connectivity index (χ0) is 22.6. The van der Waals surface area contributed by atoms with Gasteiger partial charge in [-0.25, -0.2) is 4.79 Å². The fourth-order valence-electron chi connectivity index (χ4n) is 2.65. The van der Waals surface area contributed by atoms with Gasteiger partial charge in [0.25, 0.3) is 6.35 Å². The maximum absolute atomic E-state index is 12.2. The number of carbonyl (C=O) groups is 1. The number of benzene rings is 1. The van der Waals surface area contributed by atoms with Crippen molar-refractivity contribution in [3.63, 3.8) is 0 Å². The first kappa shape index (κ1) is 26.3. The van der Waals surface area contributed by atoms with Gasteiger partial charge in [0, 0.05) is 5.69 Å². The fraction of sp³-hybridized carbons (Fsp3) is 0.667. The predicted molar refractivity (Wildman–Crippen MR) is 118 cm³/mol. The smallest absolute Gasteiger partial charge is 0.429 e. The summed E-state index contributed by atoms with van der Waals surface area (Å²) in [7, 11) is -1.79. The van der Waals surface area contributed by atoms with Crippen LogP contribution in [0.15, 0.2) is 24.3 Å². The van der Waals surface area contributed by atoms with Crippen molar-refractivity contribution in [2.45, 2.75) is 65.1 Å². The Hall–Kier alpha value is -1.73. The number of rotatable bonds is 13. The van der Waals surface area contributed by atoms with E-state index in [-0.39, 0.29) is 12.4 Å². The van der Waals surface area contributed by atoms with Crippen molar-refractivity contribution in [1.29, 1.82) is 0 Å². The molecule has 170 valence electrons. The van der Waals surface area contributed by atoms with Crippen molar-refractivity contribution < 1.29 is 28.3 Å². The van der Waals surface area contributed by atoms with Crippen LogP contribution in [0.25, 0.3) is 0 Å². The van der Waals surface area contributed by atoms with Crippen LogP contribution in [-0.4, -0.2) is 43.9 Å². The Balaban J connectivity index is 2.57. The highest BCUT2D eigenvalue weighted by atomic mass is 31.1. The van der Waals surface area contributed by atoms with Crippen LogP contribution in [0.4, 0.5) is 10.5 Å². The first-order valence-electron chi connectivity index (χ1n) is 10.3. The lowest BCUT2D eigenvalue weighted by atomic mass is 10.0. The second-order valence-electron chi connectivity index (χ2n) is 7.68. The van der Waals surface area contributed by atoms with Gasteiger partial charge in [-0.3, -0.25) is 0 Å². The van der Waals surface area contributed by atoms with Crippen LogP contribution in [0.3, 0.4) is 0 Å². The number of hydrogen-bond acceptors (Lipinski definition) is 7. The van der Waals surface area contributed by atoms with Crippen LogP contribution in [-0.2, 0) is 23.5 Å². The molecular weight excluding hydrogens is 407 g/mol. The van der Waals surface area contributed by atoms with Gasteiger partial charge >= 0.3 is 19.9 Å². The van der Waals surface area contributed by atoms with Crippen molar-refractivity contribution in [2.24, 2.45) is 0 Å². The number of nitrogen functional groups attached to an aromatic ring is 1. The second-order valence-corrected chi connectivity index (χ2v) is 9.20. The average molecular weight is 444 g/mol.